The van der Waals surface area contributed by atoms with Crippen LogP contribution in [0.5, 0.6) is 0 Å². The molecule has 3 aromatic rings. The predicted molar refractivity (Wildman–Crippen MR) is 102 cm³/mol. The summed E-state index contributed by atoms with van der Waals surface area (Å²) in [6, 6.07) is 1.45. The summed E-state index contributed by atoms with van der Waals surface area (Å²) in [6.45, 7) is 5.39. The zero-order valence-corrected chi connectivity index (χ0v) is 15.2. The molecule has 1 aliphatic heterocycles. The van der Waals surface area contributed by atoms with Crippen LogP contribution in [0.4, 0.5) is 16.2 Å². The topological polar surface area (TPSA) is 87.4 Å². The van der Waals surface area contributed by atoms with Crippen LogP contribution in [-0.4, -0.2) is 37.5 Å². The number of hydrogen-bond donors (Lipinski definition) is 3. The molecule has 4 heterocycles. The molecule has 27 heavy (non-hydrogen) atoms. The molecule has 0 fully saturated rings. The first-order valence-electron chi connectivity index (χ1n) is 8.89. The highest BCUT2D eigenvalue weighted by molar-refractivity contribution is 5.87. The van der Waals surface area contributed by atoms with Gasteiger partial charge in [-0.05, 0) is 17.6 Å². The summed E-state index contributed by atoms with van der Waals surface area (Å²) in [5, 5.41) is 15.9. The quantitative estimate of drug-likeness (QED) is 0.642. The molecule has 4 rings (SSSR count). The number of nitrogens with zero attached hydrogens (tertiary/aromatic N) is 4. The van der Waals surface area contributed by atoms with Crippen molar-refractivity contribution < 1.29 is 9.50 Å². The van der Waals surface area contributed by atoms with E-state index in [1.165, 1.54) is 12.3 Å². The van der Waals surface area contributed by atoms with Gasteiger partial charge in [-0.3, -0.25) is 4.40 Å². The molecule has 0 saturated heterocycles. The average Bonchev–Trinajstić information content (AvgIpc) is 3.09. The fourth-order valence-corrected chi connectivity index (χ4v) is 3.09. The van der Waals surface area contributed by atoms with Gasteiger partial charge in [0.2, 0.25) is 5.95 Å². The molecule has 8 heteroatoms. The minimum Gasteiger partial charge on any atom is -0.390 e. The summed E-state index contributed by atoms with van der Waals surface area (Å²) in [7, 11) is 0. The minimum atomic E-state index is -0.440. The minimum absolute atomic E-state index is 0.196. The molecule has 0 aromatic carbocycles. The van der Waals surface area contributed by atoms with Gasteiger partial charge in [-0.15, -0.1) is 0 Å². The number of halogens is 1. The zero-order valence-electron chi connectivity index (χ0n) is 15.2. The van der Waals surface area contributed by atoms with Crippen LogP contribution in [0.15, 0.2) is 30.7 Å². The van der Waals surface area contributed by atoms with E-state index in [1.807, 2.05) is 6.08 Å². The first-order chi connectivity index (χ1) is 13.1. The van der Waals surface area contributed by atoms with Crippen LogP contribution < -0.4 is 10.6 Å². The number of aliphatic hydroxyl groups is 1. The molecule has 140 valence electrons. The van der Waals surface area contributed by atoms with Gasteiger partial charge >= 0.3 is 0 Å². The Hall–Kier alpha value is -3.00. The van der Waals surface area contributed by atoms with Gasteiger partial charge in [0.25, 0.3) is 0 Å². The third-order valence-corrected chi connectivity index (χ3v) is 4.43. The van der Waals surface area contributed by atoms with Crippen LogP contribution in [0.1, 0.15) is 30.7 Å². The van der Waals surface area contributed by atoms with Gasteiger partial charge in [-0.2, -0.15) is 4.98 Å². The van der Waals surface area contributed by atoms with Crippen LogP contribution in [-0.2, 0) is 6.61 Å². The molecule has 3 aromatic heterocycles. The van der Waals surface area contributed by atoms with E-state index < -0.39 is 5.82 Å². The highest BCUT2D eigenvalue weighted by atomic mass is 19.1. The normalized spacial score (nSPS) is 13.4. The first-order valence-corrected chi connectivity index (χ1v) is 8.89. The van der Waals surface area contributed by atoms with Crippen LogP contribution in [0.3, 0.4) is 0 Å². The number of imidazole rings is 1. The van der Waals surface area contributed by atoms with E-state index in [0.717, 1.165) is 17.7 Å². The Bertz CT molecular complexity index is 1030. The molecule has 0 aliphatic carbocycles. The van der Waals surface area contributed by atoms with Crippen LogP contribution >= 0.6 is 0 Å². The van der Waals surface area contributed by atoms with Gasteiger partial charge in [-0.25, -0.2) is 14.4 Å². The maximum Gasteiger partial charge on any atom is 0.224 e. The second kappa shape index (κ2) is 6.96. The Morgan fingerprint density at radius 2 is 2.19 bits per heavy atom. The number of pyridine rings is 1. The number of aromatic nitrogens is 4. The summed E-state index contributed by atoms with van der Waals surface area (Å²) in [5.41, 5.74) is 3.06. The number of nitrogens with one attached hydrogen (secondary N) is 2. The van der Waals surface area contributed by atoms with E-state index in [1.54, 1.807) is 16.8 Å². The zero-order chi connectivity index (χ0) is 19.0. The molecule has 0 atom stereocenters. The molecule has 7 nitrogen and oxygen atoms in total. The van der Waals surface area contributed by atoms with Gasteiger partial charge in [-0.1, -0.05) is 19.9 Å². The third kappa shape index (κ3) is 3.23. The second-order valence-electron chi connectivity index (χ2n) is 6.91. The Labute approximate surface area is 156 Å². The predicted octanol–water partition coefficient (Wildman–Crippen LogP) is 2.68. The van der Waals surface area contributed by atoms with Gasteiger partial charge in [0.1, 0.15) is 5.82 Å². The summed E-state index contributed by atoms with van der Waals surface area (Å²) in [5.74, 6) is 1.32. The molecule has 3 N–H and O–H groups in total. The van der Waals surface area contributed by atoms with Crippen molar-refractivity contribution >= 4 is 23.0 Å². The summed E-state index contributed by atoms with van der Waals surface area (Å²) >= 11 is 0. The summed E-state index contributed by atoms with van der Waals surface area (Å²) in [4.78, 5) is 13.0. The van der Waals surface area contributed by atoms with E-state index in [-0.39, 0.29) is 12.3 Å². The Morgan fingerprint density at radius 1 is 1.33 bits per heavy atom. The number of fused-ring (bicyclic) bond motifs is 2. The lowest BCUT2D eigenvalue weighted by atomic mass is 9.98. The van der Waals surface area contributed by atoms with E-state index >= 15 is 0 Å². The van der Waals surface area contributed by atoms with Gasteiger partial charge < -0.3 is 15.7 Å². The van der Waals surface area contributed by atoms with Crippen molar-refractivity contribution in [3.8, 4) is 0 Å². The highest BCUT2D eigenvalue weighted by Gasteiger charge is 2.19. The number of hydrogen-bond acceptors (Lipinski definition) is 6. The molecule has 1 aliphatic rings. The van der Waals surface area contributed by atoms with Crippen molar-refractivity contribution in [2.24, 2.45) is 5.92 Å². The maximum absolute atomic E-state index is 14.5. The van der Waals surface area contributed by atoms with Crippen molar-refractivity contribution in [1.29, 1.82) is 0 Å². The van der Waals surface area contributed by atoms with Crippen LogP contribution in [0, 0.1) is 11.7 Å². The third-order valence-electron chi connectivity index (χ3n) is 4.43. The number of anilines is 2. The monoisotopic (exact) mass is 368 g/mol. The number of aliphatic hydroxyl groups excluding tert-OH is 1. The Kier molecular flexibility index (Phi) is 4.49. The molecule has 0 unspecified atom stereocenters. The lowest BCUT2D eigenvalue weighted by Gasteiger charge is -2.20. The largest absolute Gasteiger partial charge is 0.390 e. The molecule has 0 spiro atoms. The Morgan fingerprint density at radius 3 is 2.96 bits per heavy atom. The van der Waals surface area contributed by atoms with E-state index in [9.17, 15) is 9.50 Å². The van der Waals surface area contributed by atoms with E-state index in [2.05, 4.69) is 39.4 Å². The van der Waals surface area contributed by atoms with Crippen LogP contribution in [0.2, 0.25) is 0 Å². The molecule has 0 amide bonds. The van der Waals surface area contributed by atoms with Gasteiger partial charge in [0, 0.05) is 36.6 Å². The molecular formula is C19H21FN6O. The maximum atomic E-state index is 14.5. The average molecular weight is 368 g/mol. The van der Waals surface area contributed by atoms with Crippen molar-refractivity contribution in [2.75, 3.05) is 23.7 Å². The fourth-order valence-electron chi connectivity index (χ4n) is 3.09. The van der Waals surface area contributed by atoms with Gasteiger partial charge in [0.15, 0.2) is 11.5 Å². The van der Waals surface area contributed by atoms with E-state index in [4.69, 9.17) is 0 Å². The first kappa shape index (κ1) is 17.4. The lowest BCUT2D eigenvalue weighted by Crippen LogP contribution is -2.15. The highest BCUT2D eigenvalue weighted by Crippen LogP contribution is 2.32. The molecule has 0 radical (unpaired) electrons. The molecule has 0 saturated carbocycles. The standard InChI is InChI=1S/C19H21FN6O/c1-11(2)6-23-19-24-8-15-14(3-4-21-17(15)25-19)12-5-16(20)18-22-7-13(10-27)26(18)9-12/h3,5,7-9,11,27H,4,6,10H2,1-2H3,(H2,21,23,24,25). The fraction of sp³-hybridized carbons (Fsp3) is 0.316. The van der Waals surface area contributed by atoms with Gasteiger partial charge in [0.05, 0.1) is 18.5 Å². The smallest absolute Gasteiger partial charge is 0.224 e. The summed E-state index contributed by atoms with van der Waals surface area (Å²) < 4.78 is 16.1. The Balaban J connectivity index is 1.74. The summed E-state index contributed by atoms with van der Waals surface area (Å²) in [6.07, 6.45) is 6.97. The van der Waals surface area contributed by atoms with E-state index in [0.29, 0.717) is 35.5 Å². The molecule has 0 bridgehead atoms. The SMILES string of the molecule is CC(C)CNc1ncc2c(n1)NCC=C2c1cc(F)c2ncc(CO)n2c1. The number of rotatable bonds is 5. The second-order valence-corrected chi connectivity index (χ2v) is 6.91. The van der Waals surface area contributed by atoms with Crippen molar-refractivity contribution in [3.63, 3.8) is 0 Å². The van der Waals surface area contributed by atoms with Crippen molar-refractivity contribution in [2.45, 2.75) is 20.5 Å². The van der Waals surface area contributed by atoms with Crippen molar-refractivity contribution in [3.05, 3.63) is 53.4 Å². The van der Waals surface area contributed by atoms with Crippen LogP contribution in [0.25, 0.3) is 11.2 Å². The lowest BCUT2D eigenvalue weighted by molar-refractivity contribution is 0.275. The molecular weight excluding hydrogens is 347 g/mol. The van der Waals surface area contributed by atoms with Crippen molar-refractivity contribution in [1.82, 2.24) is 19.4 Å².